The van der Waals surface area contributed by atoms with Gasteiger partial charge >= 0.3 is 11.9 Å². The zero-order valence-electron chi connectivity index (χ0n) is 52.4. The van der Waals surface area contributed by atoms with E-state index in [9.17, 15) is 30.0 Å². The van der Waals surface area contributed by atoms with Crippen molar-refractivity contribution in [1.29, 1.82) is 0 Å². The highest BCUT2D eigenvalue weighted by Gasteiger charge is 2.57. The second-order valence-electron chi connectivity index (χ2n) is 23.4. The van der Waals surface area contributed by atoms with E-state index in [1.807, 2.05) is 189 Å². The molecule has 3 saturated heterocycles. The molecule has 0 aromatic heterocycles. The molecule has 3 heterocycles. The smallest absolute Gasteiger partial charge is 0.336 e. The fourth-order valence-corrected chi connectivity index (χ4v) is 11.7. The van der Waals surface area contributed by atoms with Gasteiger partial charge in [0.1, 0.15) is 67.1 Å². The quantitative estimate of drug-likeness (QED) is 0.0235. The summed E-state index contributed by atoms with van der Waals surface area (Å²) in [5.74, 6) is -3.19. The van der Waals surface area contributed by atoms with Crippen LogP contribution in [0, 0.1) is 0 Å². The van der Waals surface area contributed by atoms with Gasteiger partial charge in [0, 0.05) is 13.0 Å². The highest BCUT2D eigenvalue weighted by Crippen LogP contribution is 2.38. The summed E-state index contributed by atoms with van der Waals surface area (Å²) in [6, 6.07) is 61.3. The van der Waals surface area contributed by atoms with Crippen LogP contribution in [0.3, 0.4) is 0 Å². The average molecular weight is 1290 g/mol. The lowest BCUT2D eigenvalue weighted by molar-refractivity contribution is -0.382. The predicted molar refractivity (Wildman–Crippen MR) is 342 cm³/mol. The maximum absolute atomic E-state index is 15.1. The fourth-order valence-electron chi connectivity index (χ4n) is 11.7. The van der Waals surface area contributed by atoms with Gasteiger partial charge in [-0.3, -0.25) is 9.59 Å². The summed E-state index contributed by atoms with van der Waals surface area (Å²) in [6.07, 6.45) is -16.6. The molecule has 3 fully saturated rings. The molecule has 0 saturated carbocycles. The highest BCUT2D eigenvalue weighted by atomic mass is 16.8. The third-order valence-corrected chi connectivity index (χ3v) is 16.6. The summed E-state index contributed by atoms with van der Waals surface area (Å²) >= 11 is 0. The molecule has 15 atom stereocenters. The van der Waals surface area contributed by atoms with Crippen LogP contribution in [0.5, 0.6) is 0 Å². The van der Waals surface area contributed by atoms with Crippen molar-refractivity contribution in [3.63, 3.8) is 0 Å². The number of aliphatic hydroxyl groups excluding tert-OH is 2. The number of carbonyl (C=O) groups excluding carboxylic acids is 1. The molecule has 0 radical (unpaired) electrons. The Morgan fingerprint density at radius 2 is 0.851 bits per heavy atom. The Kier molecular flexibility index (Phi) is 26.3. The van der Waals surface area contributed by atoms with Gasteiger partial charge < -0.3 is 82.6 Å². The summed E-state index contributed by atoms with van der Waals surface area (Å²) in [4.78, 5) is 39.5. The molecule has 3 aliphatic heterocycles. The van der Waals surface area contributed by atoms with Crippen LogP contribution in [0.25, 0.3) is 0 Å². The Hall–Kier alpha value is -7.61. The third kappa shape index (κ3) is 19.5. The van der Waals surface area contributed by atoms with Crippen molar-refractivity contribution in [3.05, 3.63) is 251 Å². The van der Waals surface area contributed by atoms with Gasteiger partial charge in [-0.1, -0.05) is 201 Å². The summed E-state index contributed by atoms with van der Waals surface area (Å²) in [6.45, 7) is 1.46. The molecule has 0 spiro atoms. The van der Waals surface area contributed by atoms with Crippen LogP contribution in [0.4, 0.5) is 0 Å². The Morgan fingerprint density at radius 3 is 1.35 bits per heavy atom. The van der Waals surface area contributed by atoms with E-state index in [1.165, 1.54) is 24.3 Å². The molecule has 20 nitrogen and oxygen atoms in total. The molecule has 10 rings (SSSR count). The van der Waals surface area contributed by atoms with Crippen LogP contribution in [-0.2, 0) is 101 Å². The summed E-state index contributed by atoms with van der Waals surface area (Å²) < 4.78 is 82.6. The lowest BCUT2D eigenvalue weighted by atomic mass is 9.93. The molecule has 3 aliphatic rings. The van der Waals surface area contributed by atoms with Gasteiger partial charge in [-0.15, -0.1) is 0 Å². The second-order valence-corrected chi connectivity index (χ2v) is 23.4. The van der Waals surface area contributed by atoms with Gasteiger partial charge in [-0.2, -0.15) is 0 Å². The predicted octanol–water partition coefficient (Wildman–Crippen LogP) is 9.61. The van der Waals surface area contributed by atoms with E-state index < -0.39 is 117 Å². The molecular formula is C74H83NO19. The van der Waals surface area contributed by atoms with Crippen LogP contribution in [-0.4, -0.2) is 150 Å². The van der Waals surface area contributed by atoms with Crippen LogP contribution in [0.1, 0.15) is 86.7 Å². The first-order valence-electron chi connectivity index (χ1n) is 31.9. The molecule has 5 N–H and O–H groups in total. The maximum Gasteiger partial charge on any atom is 0.336 e. The Balaban J connectivity index is 1.08. The zero-order chi connectivity index (χ0) is 65.4. The number of carbonyl (C=O) groups is 3. The van der Waals surface area contributed by atoms with Crippen molar-refractivity contribution in [2.75, 3.05) is 19.8 Å². The Labute approximate surface area is 547 Å². The lowest BCUT2D eigenvalue weighted by Crippen LogP contribution is -2.70. The number of aliphatic hydroxyl groups is 2. The van der Waals surface area contributed by atoms with Crippen molar-refractivity contribution < 1.29 is 91.7 Å². The summed E-state index contributed by atoms with van der Waals surface area (Å²) in [5, 5.41) is 47.6. The van der Waals surface area contributed by atoms with Crippen LogP contribution in [0.15, 0.2) is 206 Å². The van der Waals surface area contributed by atoms with Crippen molar-refractivity contribution in [2.24, 2.45) is 0 Å². The summed E-state index contributed by atoms with van der Waals surface area (Å²) in [5.41, 5.74) is 4.49. The lowest BCUT2D eigenvalue weighted by Gasteiger charge is -2.51. The van der Waals surface area contributed by atoms with Crippen molar-refractivity contribution in [1.82, 2.24) is 5.32 Å². The first kappa shape index (κ1) is 69.2. The molecule has 0 bridgehead atoms. The Morgan fingerprint density at radius 1 is 0.426 bits per heavy atom. The van der Waals surface area contributed by atoms with Gasteiger partial charge in [0.15, 0.2) is 18.9 Å². The monoisotopic (exact) mass is 1290 g/mol. The van der Waals surface area contributed by atoms with Crippen molar-refractivity contribution >= 4 is 17.8 Å². The van der Waals surface area contributed by atoms with E-state index in [1.54, 1.807) is 0 Å². The number of aliphatic carboxylic acids is 1. The van der Waals surface area contributed by atoms with Gasteiger partial charge in [0.25, 0.3) is 5.91 Å². The molecule has 7 aromatic carbocycles. The fraction of sp³-hybridized carbons (Fsp3) is 0.392. The molecule has 498 valence electrons. The second kappa shape index (κ2) is 35.8. The normalized spacial score (nSPS) is 26.1. The van der Waals surface area contributed by atoms with Crippen LogP contribution >= 0.6 is 0 Å². The Bertz CT molecular complexity index is 3360. The number of rotatable bonds is 34. The van der Waals surface area contributed by atoms with Gasteiger partial charge in [-0.25, -0.2) is 4.79 Å². The number of carboxylic acid groups (broad SMARTS) is 2. The van der Waals surface area contributed by atoms with Crippen LogP contribution < -0.4 is 5.32 Å². The molecule has 0 aliphatic carbocycles. The van der Waals surface area contributed by atoms with E-state index in [2.05, 4.69) is 5.32 Å². The van der Waals surface area contributed by atoms with E-state index in [0.717, 1.165) is 33.4 Å². The van der Waals surface area contributed by atoms with E-state index in [4.69, 9.17) is 56.8 Å². The van der Waals surface area contributed by atoms with Crippen LogP contribution in [0.2, 0.25) is 0 Å². The number of hydrogen-bond donors (Lipinski definition) is 5. The van der Waals surface area contributed by atoms with Crippen molar-refractivity contribution in [2.45, 2.75) is 164 Å². The van der Waals surface area contributed by atoms with Gasteiger partial charge in [0.05, 0.1) is 70.1 Å². The first-order valence-corrected chi connectivity index (χ1v) is 31.9. The minimum atomic E-state index is -1.56. The third-order valence-electron chi connectivity index (χ3n) is 16.6. The number of hydrogen-bond acceptors (Lipinski definition) is 17. The van der Waals surface area contributed by atoms with E-state index >= 15 is 4.79 Å². The maximum atomic E-state index is 15.1. The number of carboxylic acids is 2. The molecule has 7 aromatic rings. The zero-order valence-corrected chi connectivity index (χ0v) is 52.4. The largest absolute Gasteiger partial charge is 0.481 e. The molecular weight excluding hydrogens is 1210 g/mol. The SMILES string of the molecule is C[C@@H]1O[C@@H](O[C@@H]2[C@@H](NC(=O)c3ccccc3C(=O)O)[C@H](OCCCCCC(=O)O)O[C@H](CO)[C@H]2OC2OC(COCc3ccccc3)C(OCc3ccccc3)C(O)C2OCc2ccccc2)[C@@H](OCc2ccccc2)[C@H](OCc2ccccc2)[C@@H]1OCc1ccccc1. The topological polar surface area (TPSA) is 255 Å². The minimum Gasteiger partial charge on any atom is -0.481 e. The average Bonchev–Trinajstić information content (AvgIpc) is 0.773. The standard InChI is InChI=1S/C74H83NO19/c1-49-63(85-43-51-27-11-3-12-28-51)68(88-46-54-33-17-6-18-34-54)69(89-47-55-35-19-7-20-36-55)74(90-49)94-66-61(75-70(80)56-37-22-23-38-57(56)71(81)82)72(84-40-24-8-21-39-60(77)78)91-58(41-76)65(66)93-73-67(87-45-53-31-15-5-16-32-53)62(79)64(86-44-52-29-13-4-14-30-52)59(92-73)48-83-42-50-25-9-2-10-26-50/h2-7,9-20,22-23,25-38,49,58-59,61-69,72-74,76,79H,8,21,24,39-48H2,1H3,(H,75,80)(H,77,78)(H,81,82)/t49-,58+,59?,61+,62?,63+,64?,65+,66+,67?,68+,69-,72+,73?,74-/m0/s1. The number of aromatic carboxylic acids is 1. The van der Waals surface area contributed by atoms with Gasteiger partial charge in [0.2, 0.25) is 0 Å². The number of unbranched alkanes of at least 4 members (excludes halogenated alkanes) is 2. The summed E-state index contributed by atoms with van der Waals surface area (Å²) in [7, 11) is 0. The number of ether oxygens (including phenoxy) is 12. The highest BCUT2D eigenvalue weighted by molar-refractivity contribution is 6.04. The molecule has 5 unspecified atom stereocenters. The minimum absolute atomic E-state index is 0.0297. The van der Waals surface area contributed by atoms with Gasteiger partial charge in [-0.05, 0) is 65.3 Å². The molecule has 20 heteroatoms. The molecule has 94 heavy (non-hydrogen) atoms. The number of nitrogens with one attached hydrogen (secondary N) is 1. The van der Waals surface area contributed by atoms with Crippen molar-refractivity contribution in [3.8, 4) is 0 Å². The van der Waals surface area contributed by atoms with E-state index in [0.29, 0.717) is 19.3 Å². The van der Waals surface area contributed by atoms with E-state index in [-0.39, 0.29) is 70.4 Å². The molecule has 1 amide bonds. The number of amides is 1. The number of benzene rings is 7. The first-order chi connectivity index (χ1) is 46.0.